The molecule has 6 nitrogen and oxygen atoms in total. The van der Waals surface area contributed by atoms with E-state index in [9.17, 15) is 14.7 Å². The van der Waals surface area contributed by atoms with Gasteiger partial charge in [0.2, 0.25) is 0 Å². The minimum Gasteiger partial charge on any atom is -0.481 e. The number of nitrogens with zero attached hydrogens (tertiary/aromatic N) is 1. The van der Waals surface area contributed by atoms with Crippen molar-refractivity contribution in [1.29, 1.82) is 0 Å². The third-order valence-electron chi connectivity index (χ3n) is 6.59. The Kier molecular flexibility index (Phi) is 6.63. The van der Waals surface area contributed by atoms with Gasteiger partial charge in [0.1, 0.15) is 11.0 Å². The predicted octanol–water partition coefficient (Wildman–Crippen LogP) is 7.08. The Labute approximate surface area is 223 Å². The lowest BCUT2D eigenvalue weighted by Crippen LogP contribution is -2.19. The maximum atomic E-state index is 12.6. The van der Waals surface area contributed by atoms with E-state index in [1.54, 1.807) is 19.9 Å². The molecule has 1 atom stereocenters. The monoisotopic (exact) mass is 530 g/mol. The smallest absolute Gasteiger partial charge is 0.412 e. The summed E-state index contributed by atoms with van der Waals surface area (Å²) in [7, 11) is 0. The first-order chi connectivity index (χ1) is 17.8. The van der Waals surface area contributed by atoms with E-state index < -0.39 is 23.6 Å². The second-order valence-electron chi connectivity index (χ2n) is 9.08. The minimum absolute atomic E-state index is 0.516. The number of hydrogen-bond acceptors (Lipinski definition) is 5. The van der Waals surface area contributed by atoms with E-state index in [4.69, 9.17) is 16.3 Å². The van der Waals surface area contributed by atoms with Crippen LogP contribution in [0.1, 0.15) is 53.1 Å². The van der Waals surface area contributed by atoms with Gasteiger partial charge in [0, 0.05) is 16.1 Å². The molecule has 0 spiro atoms. The summed E-state index contributed by atoms with van der Waals surface area (Å²) in [5.41, 5.74) is 2.80. The van der Waals surface area contributed by atoms with Gasteiger partial charge in [0.25, 0.3) is 0 Å². The zero-order chi connectivity index (χ0) is 26.2. The number of carbonyl (C=O) groups excluding carboxylic acids is 1. The Bertz CT molecular complexity index is 1600. The molecule has 1 unspecified atom stereocenters. The van der Waals surface area contributed by atoms with Gasteiger partial charge < -0.3 is 9.84 Å². The number of aryl methyl sites for hydroxylation is 1. The number of hydrogen-bond donors (Lipinski definition) is 2. The van der Waals surface area contributed by atoms with E-state index in [0.717, 1.165) is 27.5 Å². The second kappa shape index (κ2) is 9.89. The van der Waals surface area contributed by atoms with Crippen molar-refractivity contribution in [1.82, 2.24) is 4.37 Å². The minimum atomic E-state index is -0.763. The molecule has 1 amide bonds. The van der Waals surface area contributed by atoms with Crippen molar-refractivity contribution in [3.63, 3.8) is 0 Å². The SMILES string of the molecule is Cc1nsc(C#Cc2ccc3cc(C4(C(=O)O)CC4)ccc3c2)c1NC(=O)OC(C)c1ccccc1Cl. The third kappa shape index (κ3) is 5.04. The maximum Gasteiger partial charge on any atom is 0.412 e. The Morgan fingerprint density at radius 3 is 2.57 bits per heavy atom. The zero-order valence-electron chi connectivity index (χ0n) is 20.2. The molecule has 186 valence electrons. The molecule has 8 heteroatoms. The number of anilines is 1. The first-order valence-corrected chi connectivity index (χ1v) is 12.9. The highest BCUT2D eigenvalue weighted by Crippen LogP contribution is 2.49. The number of carbonyl (C=O) groups is 2. The fourth-order valence-corrected chi connectivity index (χ4v) is 5.26. The normalized spacial score (nSPS) is 14.4. The highest BCUT2D eigenvalue weighted by atomic mass is 35.5. The van der Waals surface area contributed by atoms with E-state index in [-0.39, 0.29) is 0 Å². The summed E-state index contributed by atoms with van der Waals surface area (Å²) in [5.74, 6) is 5.50. The Morgan fingerprint density at radius 2 is 1.84 bits per heavy atom. The van der Waals surface area contributed by atoms with Gasteiger partial charge in [-0.1, -0.05) is 60.0 Å². The molecular weight excluding hydrogens is 508 g/mol. The number of carboxylic acids is 1. The average Bonchev–Trinajstić information content (AvgIpc) is 3.63. The largest absolute Gasteiger partial charge is 0.481 e. The van der Waals surface area contributed by atoms with Crippen LogP contribution in [-0.4, -0.2) is 21.5 Å². The van der Waals surface area contributed by atoms with Crippen molar-refractivity contribution in [3.05, 3.63) is 92.9 Å². The quantitative estimate of drug-likeness (QED) is 0.269. The fraction of sp³-hybridized carbons (Fsp3) is 0.207. The summed E-state index contributed by atoms with van der Waals surface area (Å²) in [5, 5.41) is 14.8. The second-order valence-corrected chi connectivity index (χ2v) is 10.3. The summed E-state index contributed by atoms with van der Waals surface area (Å²) in [6.07, 6.45) is 0.205. The molecule has 0 bridgehead atoms. The molecule has 1 aliphatic carbocycles. The zero-order valence-corrected chi connectivity index (χ0v) is 21.7. The number of benzene rings is 3. The number of nitrogens with one attached hydrogen (secondary N) is 1. The maximum absolute atomic E-state index is 12.6. The molecule has 1 aromatic heterocycles. The van der Waals surface area contributed by atoms with Crippen molar-refractivity contribution in [2.45, 2.75) is 38.2 Å². The van der Waals surface area contributed by atoms with E-state index in [1.807, 2.05) is 54.6 Å². The van der Waals surface area contributed by atoms with Crippen LogP contribution in [0.2, 0.25) is 5.02 Å². The van der Waals surface area contributed by atoms with Crippen molar-refractivity contribution in [2.24, 2.45) is 0 Å². The molecule has 2 N–H and O–H groups in total. The van der Waals surface area contributed by atoms with E-state index in [0.29, 0.717) is 34.1 Å². The number of carboxylic acid groups (broad SMARTS) is 1. The number of rotatable bonds is 5. The average molecular weight is 531 g/mol. The van der Waals surface area contributed by atoms with Crippen LogP contribution in [0.4, 0.5) is 10.5 Å². The van der Waals surface area contributed by atoms with Crippen LogP contribution in [0.3, 0.4) is 0 Å². The first-order valence-electron chi connectivity index (χ1n) is 11.7. The van der Waals surface area contributed by atoms with Crippen LogP contribution in [0, 0.1) is 18.8 Å². The number of aliphatic carboxylic acids is 1. The molecule has 3 aromatic carbocycles. The molecule has 0 saturated heterocycles. The molecule has 0 aliphatic heterocycles. The van der Waals surface area contributed by atoms with Crippen LogP contribution in [0.15, 0.2) is 60.7 Å². The summed E-state index contributed by atoms with van der Waals surface area (Å²) in [6.45, 7) is 3.56. The Hall–Kier alpha value is -3.86. The van der Waals surface area contributed by atoms with Crippen LogP contribution in [-0.2, 0) is 14.9 Å². The molecule has 0 radical (unpaired) electrons. The lowest BCUT2D eigenvalue weighted by Gasteiger charge is -2.15. The van der Waals surface area contributed by atoms with Gasteiger partial charge >= 0.3 is 12.1 Å². The highest BCUT2D eigenvalue weighted by Gasteiger charge is 2.51. The van der Waals surface area contributed by atoms with Gasteiger partial charge in [-0.05, 0) is 78.7 Å². The standard InChI is InChI=1S/C29H23ClN2O4S/c1-17-26(31-28(35)36-18(2)23-5-3-4-6-24(23)30)25(37-32-17)12-8-19-7-9-21-16-22(11-10-20(21)15-19)29(13-14-29)27(33)34/h3-7,9-11,15-16,18H,13-14H2,1-2H3,(H,31,35)(H,33,34). The van der Waals surface area contributed by atoms with E-state index in [2.05, 4.69) is 21.5 Å². The van der Waals surface area contributed by atoms with Gasteiger partial charge in [-0.3, -0.25) is 10.1 Å². The summed E-state index contributed by atoms with van der Waals surface area (Å²) in [4.78, 5) is 24.9. The van der Waals surface area contributed by atoms with Crippen molar-refractivity contribution < 1.29 is 19.4 Å². The molecule has 5 rings (SSSR count). The van der Waals surface area contributed by atoms with Crippen molar-refractivity contribution in [2.75, 3.05) is 5.32 Å². The molecular formula is C29H23ClN2O4S. The number of halogens is 1. The number of aromatic nitrogens is 1. The van der Waals surface area contributed by atoms with Gasteiger partial charge in [0.05, 0.1) is 16.8 Å². The molecule has 37 heavy (non-hydrogen) atoms. The molecule has 1 fully saturated rings. The fourth-order valence-electron chi connectivity index (χ4n) is 4.26. The van der Waals surface area contributed by atoms with E-state index in [1.165, 1.54) is 11.5 Å². The lowest BCUT2D eigenvalue weighted by molar-refractivity contribution is -0.140. The number of amides is 1. The Morgan fingerprint density at radius 1 is 1.11 bits per heavy atom. The first kappa shape index (κ1) is 24.8. The molecule has 4 aromatic rings. The van der Waals surface area contributed by atoms with Crippen LogP contribution in [0.5, 0.6) is 0 Å². The number of fused-ring (bicyclic) bond motifs is 1. The highest BCUT2D eigenvalue weighted by molar-refractivity contribution is 7.07. The van der Waals surface area contributed by atoms with Crippen LogP contribution < -0.4 is 5.32 Å². The van der Waals surface area contributed by atoms with Crippen molar-refractivity contribution >= 4 is 51.7 Å². The van der Waals surface area contributed by atoms with Crippen LogP contribution in [0.25, 0.3) is 10.8 Å². The predicted molar refractivity (Wildman–Crippen MR) is 145 cm³/mol. The number of ether oxygens (including phenoxy) is 1. The molecule has 1 heterocycles. The van der Waals surface area contributed by atoms with Gasteiger partial charge in [0.15, 0.2) is 0 Å². The topological polar surface area (TPSA) is 88.5 Å². The Balaban J connectivity index is 1.32. The molecule has 1 aliphatic rings. The summed E-state index contributed by atoms with van der Waals surface area (Å²) in [6, 6.07) is 18.8. The lowest BCUT2D eigenvalue weighted by atomic mass is 9.93. The van der Waals surface area contributed by atoms with Gasteiger partial charge in [-0.15, -0.1) is 0 Å². The van der Waals surface area contributed by atoms with Crippen LogP contribution >= 0.6 is 23.1 Å². The summed E-state index contributed by atoms with van der Waals surface area (Å²) < 4.78 is 9.86. The summed E-state index contributed by atoms with van der Waals surface area (Å²) >= 11 is 7.42. The van der Waals surface area contributed by atoms with Gasteiger partial charge in [-0.2, -0.15) is 4.37 Å². The van der Waals surface area contributed by atoms with Gasteiger partial charge in [-0.25, -0.2) is 4.79 Å². The van der Waals surface area contributed by atoms with E-state index >= 15 is 0 Å². The third-order valence-corrected chi connectivity index (χ3v) is 7.79. The van der Waals surface area contributed by atoms with Crippen molar-refractivity contribution in [3.8, 4) is 11.8 Å². The molecule has 1 saturated carbocycles.